The summed E-state index contributed by atoms with van der Waals surface area (Å²) in [5, 5.41) is 13.0. The minimum atomic E-state index is -0.645. The third kappa shape index (κ3) is 7.52. The number of nitrogens with zero attached hydrogens (tertiary/aromatic N) is 2. The van der Waals surface area contributed by atoms with Crippen LogP contribution in [0.2, 0.25) is 0 Å². The normalized spacial score (nSPS) is 18.1. The molecule has 1 aliphatic rings. The van der Waals surface area contributed by atoms with E-state index in [9.17, 15) is 24.5 Å². The summed E-state index contributed by atoms with van der Waals surface area (Å²) in [6.07, 6.45) is 0.0176. The van der Waals surface area contributed by atoms with Gasteiger partial charge in [0.25, 0.3) is 5.69 Å². The number of non-ortho nitro benzene ring substituents is 1. The SMILES string of the molecule is CC(=O)S[C@H]1C[C@@H](COCCNC(N)=O)N(C(=O)OCc2ccc([N+](=O)[O-])cc2)C1. The van der Waals surface area contributed by atoms with E-state index in [4.69, 9.17) is 15.2 Å². The number of urea groups is 1. The molecule has 0 aromatic heterocycles. The first kappa shape index (κ1) is 23.4. The molecule has 0 spiro atoms. The number of benzene rings is 1. The van der Waals surface area contributed by atoms with Crippen molar-refractivity contribution in [3.8, 4) is 0 Å². The number of nitrogens with one attached hydrogen (secondary N) is 1. The molecule has 1 saturated heterocycles. The fourth-order valence-corrected chi connectivity index (χ4v) is 4.01. The van der Waals surface area contributed by atoms with Crippen molar-refractivity contribution < 1.29 is 28.8 Å². The lowest BCUT2D eigenvalue weighted by Crippen LogP contribution is -2.39. The number of ether oxygens (including phenoxy) is 2. The van der Waals surface area contributed by atoms with E-state index in [1.807, 2.05) is 0 Å². The Morgan fingerprint density at radius 2 is 2.03 bits per heavy atom. The summed E-state index contributed by atoms with van der Waals surface area (Å²) in [4.78, 5) is 46.4. The van der Waals surface area contributed by atoms with Gasteiger partial charge in [0.2, 0.25) is 0 Å². The average molecular weight is 440 g/mol. The Morgan fingerprint density at radius 1 is 1.33 bits per heavy atom. The maximum absolute atomic E-state index is 12.6. The molecule has 1 aromatic rings. The van der Waals surface area contributed by atoms with E-state index < -0.39 is 17.0 Å². The molecular weight excluding hydrogens is 416 g/mol. The largest absolute Gasteiger partial charge is 0.445 e. The predicted molar refractivity (Wildman–Crippen MR) is 109 cm³/mol. The lowest BCUT2D eigenvalue weighted by atomic mass is 10.2. The highest BCUT2D eigenvalue weighted by Crippen LogP contribution is 2.29. The van der Waals surface area contributed by atoms with Crippen LogP contribution in [0.25, 0.3) is 0 Å². The van der Waals surface area contributed by atoms with Crippen molar-refractivity contribution in [2.45, 2.75) is 31.2 Å². The van der Waals surface area contributed by atoms with Crippen LogP contribution < -0.4 is 11.1 Å². The van der Waals surface area contributed by atoms with E-state index >= 15 is 0 Å². The Balaban J connectivity index is 1.90. The number of carbonyl (C=O) groups is 3. The van der Waals surface area contributed by atoms with Gasteiger partial charge in [-0.1, -0.05) is 11.8 Å². The summed E-state index contributed by atoms with van der Waals surface area (Å²) >= 11 is 1.17. The molecule has 0 bridgehead atoms. The second-order valence-corrected chi connectivity index (χ2v) is 8.09. The van der Waals surface area contributed by atoms with Crippen LogP contribution in [-0.2, 0) is 20.9 Å². The molecule has 164 valence electrons. The minimum absolute atomic E-state index is 0.0338. The fraction of sp³-hybridized carbons (Fsp3) is 0.500. The second kappa shape index (κ2) is 11.4. The van der Waals surface area contributed by atoms with Crippen LogP contribution in [0.3, 0.4) is 0 Å². The van der Waals surface area contributed by atoms with Crippen molar-refractivity contribution in [1.29, 1.82) is 0 Å². The van der Waals surface area contributed by atoms with E-state index in [-0.39, 0.29) is 48.5 Å². The van der Waals surface area contributed by atoms with Gasteiger partial charge in [0.05, 0.1) is 24.2 Å². The van der Waals surface area contributed by atoms with Crippen LogP contribution in [0.15, 0.2) is 24.3 Å². The van der Waals surface area contributed by atoms with Gasteiger partial charge >= 0.3 is 12.1 Å². The zero-order valence-electron chi connectivity index (χ0n) is 16.4. The molecule has 2 rings (SSSR count). The van der Waals surface area contributed by atoms with Crippen molar-refractivity contribution in [2.75, 3.05) is 26.3 Å². The third-order valence-corrected chi connectivity index (χ3v) is 5.32. The summed E-state index contributed by atoms with van der Waals surface area (Å²) < 4.78 is 10.9. The first-order valence-corrected chi connectivity index (χ1v) is 10.1. The van der Waals surface area contributed by atoms with Crippen LogP contribution in [-0.4, -0.2) is 64.7 Å². The standard InChI is InChI=1S/C18H24N4O7S/c1-12(23)30-16-8-15(11-28-7-6-20-17(19)24)21(9-16)18(25)29-10-13-2-4-14(5-3-13)22(26)27/h2-5,15-16H,6-11H2,1H3,(H3,19,20,24)/t15-,16-/m0/s1. The van der Waals surface area contributed by atoms with E-state index in [1.165, 1.54) is 47.9 Å². The highest BCUT2D eigenvalue weighted by molar-refractivity contribution is 8.14. The number of carbonyl (C=O) groups excluding carboxylic acids is 3. The van der Waals surface area contributed by atoms with E-state index in [1.54, 1.807) is 0 Å². The highest BCUT2D eigenvalue weighted by Gasteiger charge is 2.37. The molecular formula is C18H24N4O7S. The quantitative estimate of drug-likeness (QED) is 0.334. The van der Waals surface area contributed by atoms with Crippen LogP contribution in [0, 0.1) is 10.1 Å². The molecule has 1 aromatic carbocycles. The zero-order chi connectivity index (χ0) is 22.1. The number of hydrogen-bond donors (Lipinski definition) is 2. The smallest absolute Gasteiger partial charge is 0.410 e. The Bertz CT molecular complexity index is 774. The number of nitrogens with two attached hydrogens (primary N) is 1. The lowest BCUT2D eigenvalue weighted by Gasteiger charge is -2.23. The highest BCUT2D eigenvalue weighted by atomic mass is 32.2. The lowest BCUT2D eigenvalue weighted by molar-refractivity contribution is -0.384. The van der Waals surface area contributed by atoms with Crippen molar-refractivity contribution in [1.82, 2.24) is 10.2 Å². The minimum Gasteiger partial charge on any atom is -0.445 e. The Kier molecular flexibility index (Phi) is 8.87. The molecule has 3 amide bonds. The van der Waals surface area contributed by atoms with Crippen molar-refractivity contribution in [2.24, 2.45) is 5.73 Å². The van der Waals surface area contributed by atoms with Crippen LogP contribution in [0.5, 0.6) is 0 Å². The molecule has 12 heteroatoms. The van der Waals surface area contributed by atoms with E-state index in [0.29, 0.717) is 18.5 Å². The Hall–Kier alpha value is -2.86. The van der Waals surface area contributed by atoms with Gasteiger partial charge in [0.1, 0.15) is 6.61 Å². The summed E-state index contributed by atoms with van der Waals surface area (Å²) in [6, 6.07) is 4.81. The number of hydrogen-bond acceptors (Lipinski definition) is 8. The van der Waals surface area contributed by atoms with Crippen molar-refractivity contribution >= 4 is 34.7 Å². The maximum Gasteiger partial charge on any atom is 0.410 e. The van der Waals surface area contributed by atoms with Crippen LogP contribution in [0.1, 0.15) is 18.9 Å². The van der Waals surface area contributed by atoms with Gasteiger partial charge in [-0.2, -0.15) is 0 Å². The average Bonchev–Trinajstić information content (AvgIpc) is 3.07. The number of thioether (sulfide) groups is 1. The van der Waals surface area contributed by atoms with Gasteiger partial charge in [0, 0.05) is 37.4 Å². The van der Waals surface area contributed by atoms with Gasteiger partial charge in [-0.15, -0.1) is 0 Å². The molecule has 1 heterocycles. The first-order chi connectivity index (χ1) is 14.3. The summed E-state index contributed by atoms with van der Waals surface area (Å²) in [7, 11) is 0. The van der Waals surface area contributed by atoms with Gasteiger partial charge < -0.3 is 25.4 Å². The molecule has 1 aliphatic heterocycles. The third-order valence-electron chi connectivity index (χ3n) is 4.31. The molecule has 0 radical (unpaired) electrons. The number of nitro benzene ring substituents is 1. The maximum atomic E-state index is 12.6. The zero-order valence-corrected chi connectivity index (χ0v) is 17.3. The number of primary amides is 1. The van der Waals surface area contributed by atoms with Gasteiger partial charge in [-0.3, -0.25) is 14.9 Å². The van der Waals surface area contributed by atoms with E-state index in [2.05, 4.69) is 5.32 Å². The molecule has 11 nitrogen and oxygen atoms in total. The monoisotopic (exact) mass is 440 g/mol. The Morgan fingerprint density at radius 3 is 2.63 bits per heavy atom. The second-order valence-electron chi connectivity index (χ2n) is 6.62. The van der Waals surface area contributed by atoms with Crippen molar-refractivity contribution in [3.63, 3.8) is 0 Å². The fourth-order valence-electron chi connectivity index (χ4n) is 2.98. The van der Waals surface area contributed by atoms with E-state index in [0.717, 1.165) is 0 Å². The molecule has 0 aliphatic carbocycles. The molecule has 30 heavy (non-hydrogen) atoms. The topological polar surface area (TPSA) is 154 Å². The predicted octanol–water partition coefficient (Wildman–Crippen LogP) is 1.64. The molecule has 2 atom stereocenters. The van der Waals surface area contributed by atoms with Crippen LogP contribution in [0.4, 0.5) is 15.3 Å². The van der Waals surface area contributed by atoms with Crippen molar-refractivity contribution in [3.05, 3.63) is 39.9 Å². The molecule has 0 unspecified atom stereocenters. The molecule has 0 saturated carbocycles. The number of nitro groups is 1. The summed E-state index contributed by atoms with van der Waals surface area (Å²) in [5.74, 6) is 0. The number of likely N-dealkylation sites (tertiary alicyclic amines) is 1. The number of rotatable bonds is 9. The summed E-state index contributed by atoms with van der Waals surface area (Å²) in [5.41, 5.74) is 5.56. The first-order valence-electron chi connectivity index (χ1n) is 9.21. The van der Waals surface area contributed by atoms with Gasteiger partial charge in [0.15, 0.2) is 5.12 Å². The van der Waals surface area contributed by atoms with Gasteiger partial charge in [-0.05, 0) is 24.1 Å². The Labute approximate surface area is 177 Å². The molecule has 1 fully saturated rings. The summed E-state index contributed by atoms with van der Waals surface area (Å²) in [6.45, 7) is 2.49. The number of amides is 3. The van der Waals surface area contributed by atoms with Crippen LogP contribution >= 0.6 is 11.8 Å². The molecule has 3 N–H and O–H groups in total. The van der Waals surface area contributed by atoms with Gasteiger partial charge in [-0.25, -0.2) is 9.59 Å².